The van der Waals surface area contributed by atoms with Crippen LogP contribution in [0.2, 0.25) is 0 Å². The van der Waals surface area contributed by atoms with E-state index in [4.69, 9.17) is 9.05 Å². The SMILES string of the molecule is c1ccc(P(OCCCP(c2ccccc2)c2ccccc2)OCCCP(c2ccccc2)c2ccccc2)cc1. The molecule has 0 radical (unpaired) electrons. The van der Waals surface area contributed by atoms with Crippen LogP contribution in [0.4, 0.5) is 0 Å². The van der Waals surface area contributed by atoms with Gasteiger partial charge in [-0.05, 0) is 74.4 Å². The van der Waals surface area contributed by atoms with Crippen molar-refractivity contribution < 1.29 is 9.05 Å². The van der Waals surface area contributed by atoms with Crippen LogP contribution in [0, 0.1) is 0 Å². The molecule has 0 aliphatic rings. The number of hydrogen-bond donors (Lipinski definition) is 0. The molecule has 0 unspecified atom stereocenters. The first-order valence-corrected chi connectivity index (χ1v) is 18.5. The average Bonchev–Trinajstić information content (AvgIpc) is 3.06. The van der Waals surface area contributed by atoms with E-state index < -0.39 is 24.2 Å². The molecule has 5 heteroatoms. The zero-order valence-electron chi connectivity index (χ0n) is 23.3. The molecule has 0 heterocycles. The van der Waals surface area contributed by atoms with Crippen LogP contribution in [0.1, 0.15) is 12.8 Å². The van der Waals surface area contributed by atoms with E-state index in [1.807, 2.05) is 0 Å². The molecule has 5 rings (SSSR count). The molecule has 5 aromatic rings. The third kappa shape index (κ3) is 9.15. The topological polar surface area (TPSA) is 18.5 Å². The monoisotopic (exact) mass is 594 g/mol. The van der Waals surface area contributed by atoms with Crippen LogP contribution in [-0.4, -0.2) is 25.5 Å². The van der Waals surface area contributed by atoms with Gasteiger partial charge in [0.15, 0.2) is 0 Å². The summed E-state index contributed by atoms with van der Waals surface area (Å²) in [6.07, 6.45) is 4.19. The molecular formula is C36H37O2P3. The van der Waals surface area contributed by atoms with Gasteiger partial charge in [0.1, 0.15) is 0 Å². The minimum atomic E-state index is -1.12. The van der Waals surface area contributed by atoms with Crippen molar-refractivity contribution in [1.82, 2.24) is 0 Å². The molecule has 0 aliphatic heterocycles. The van der Waals surface area contributed by atoms with Gasteiger partial charge in [-0.25, -0.2) is 0 Å². The highest BCUT2D eigenvalue weighted by Gasteiger charge is 2.18. The summed E-state index contributed by atoms with van der Waals surface area (Å²) in [5, 5.41) is 6.82. The first kappa shape index (κ1) is 29.8. The highest BCUT2D eigenvalue weighted by atomic mass is 31.2. The van der Waals surface area contributed by atoms with Gasteiger partial charge in [-0.2, -0.15) is 0 Å². The van der Waals surface area contributed by atoms with Gasteiger partial charge in [0.05, 0.1) is 13.2 Å². The molecule has 0 N–H and O–H groups in total. The predicted molar refractivity (Wildman–Crippen MR) is 182 cm³/mol. The zero-order chi connectivity index (χ0) is 28.0. The molecule has 41 heavy (non-hydrogen) atoms. The Hall–Kier alpha value is -2.69. The van der Waals surface area contributed by atoms with Crippen molar-refractivity contribution in [3.05, 3.63) is 152 Å². The Kier molecular flexibility index (Phi) is 12.1. The normalized spacial score (nSPS) is 11.4. The summed E-state index contributed by atoms with van der Waals surface area (Å²) in [6, 6.07) is 54.1. The van der Waals surface area contributed by atoms with E-state index in [1.54, 1.807) is 0 Å². The lowest BCUT2D eigenvalue weighted by Crippen LogP contribution is -2.15. The van der Waals surface area contributed by atoms with E-state index in [9.17, 15) is 0 Å². The second-order valence-electron chi connectivity index (χ2n) is 9.61. The quantitative estimate of drug-likeness (QED) is 0.0914. The van der Waals surface area contributed by atoms with Gasteiger partial charge in [-0.15, -0.1) is 0 Å². The largest absolute Gasteiger partial charge is 0.331 e. The molecule has 2 nitrogen and oxygen atoms in total. The Labute approximate surface area is 249 Å². The Morgan fingerprint density at radius 2 is 0.610 bits per heavy atom. The van der Waals surface area contributed by atoms with Crippen molar-refractivity contribution in [2.45, 2.75) is 12.8 Å². The second-order valence-corrected chi connectivity index (χ2v) is 15.8. The standard InChI is InChI=1S/C36H37O2P3/c1-6-18-32(19-7-1)39(33-20-8-2-9-21-33)30-16-28-37-41(36-26-14-5-15-27-36)38-29-17-31-40(34-22-10-3-11-23-34)35-24-12-4-13-25-35/h1-15,18-27H,16-17,28-31H2. The summed E-state index contributed by atoms with van der Waals surface area (Å²) in [6.45, 7) is 1.39. The number of rotatable bonds is 15. The van der Waals surface area contributed by atoms with Gasteiger partial charge in [-0.3, -0.25) is 0 Å². The summed E-state index contributed by atoms with van der Waals surface area (Å²) >= 11 is 0. The molecule has 0 bridgehead atoms. The molecular weight excluding hydrogens is 557 g/mol. The van der Waals surface area contributed by atoms with Crippen LogP contribution in [0.3, 0.4) is 0 Å². The van der Waals surface area contributed by atoms with Crippen LogP contribution < -0.4 is 26.5 Å². The fourth-order valence-corrected chi connectivity index (χ4v) is 10.7. The van der Waals surface area contributed by atoms with Gasteiger partial charge in [0, 0.05) is 5.30 Å². The first-order valence-electron chi connectivity index (χ1n) is 14.2. The smallest absolute Gasteiger partial charge is 0.205 e. The molecule has 0 fully saturated rings. The van der Waals surface area contributed by atoms with Gasteiger partial charge >= 0.3 is 0 Å². The summed E-state index contributed by atoms with van der Waals surface area (Å²) in [5.74, 6) is 0. The van der Waals surface area contributed by atoms with E-state index >= 15 is 0 Å². The second kappa shape index (κ2) is 16.7. The van der Waals surface area contributed by atoms with Gasteiger partial charge < -0.3 is 9.05 Å². The minimum absolute atomic E-state index is 0.413. The Morgan fingerprint density at radius 3 is 0.902 bits per heavy atom. The molecule has 0 amide bonds. The van der Waals surface area contributed by atoms with Crippen LogP contribution >= 0.6 is 24.2 Å². The lowest BCUT2D eigenvalue weighted by Gasteiger charge is -2.22. The van der Waals surface area contributed by atoms with Crippen molar-refractivity contribution in [1.29, 1.82) is 0 Å². The van der Waals surface area contributed by atoms with Gasteiger partial charge in [-0.1, -0.05) is 140 Å². The van der Waals surface area contributed by atoms with Crippen molar-refractivity contribution in [3.8, 4) is 0 Å². The fraction of sp³-hybridized carbons (Fsp3) is 0.167. The van der Waals surface area contributed by atoms with Gasteiger partial charge in [0.25, 0.3) is 0 Å². The third-order valence-electron chi connectivity index (χ3n) is 6.71. The summed E-state index contributed by atoms with van der Waals surface area (Å²) in [7, 11) is -1.95. The van der Waals surface area contributed by atoms with Gasteiger partial charge in [0.2, 0.25) is 8.38 Å². The molecule has 208 valence electrons. The van der Waals surface area contributed by atoms with Crippen LogP contribution in [0.25, 0.3) is 0 Å². The first-order chi connectivity index (χ1) is 20.4. The third-order valence-corrected chi connectivity index (χ3v) is 13.5. The maximum Gasteiger partial charge on any atom is 0.205 e. The fourth-order valence-electron chi connectivity index (χ4n) is 4.72. The molecule has 0 atom stereocenters. The van der Waals surface area contributed by atoms with E-state index in [0.717, 1.165) is 30.5 Å². The minimum Gasteiger partial charge on any atom is -0.331 e. The van der Waals surface area contributed by atoms with Crippen molar-refractivity contribution in [3.63, 3.8) is 0 Å². The molecule has 0 aliphatic carbocycles. The maximum absolute atomic E-state index is 6.48. The highest BCUT2D eigenvalue weighted by Crippen LogP contribution is 2.40. The Bertz CT molecular complexity index is 1220. The van der Waals surface area contributed by atoms with Crippen LogP contribution in [0.15, 0.2) is 152 Å². The van der Waals surface area contributed by atoms with E-state index in [1.165, 1.54) is 21.2 Å². The van der Waals surface area contributed by atoms with E-state index in [-0.39, 0.29) is 0 Å². The van der Waals surface area contributed by atoms with Crippen LogP contribution in [-0.2, 0) is 9.05 Å². The number of benzene rings is 5. The molecule has 5 aromatic carbocycles. The lowest BCUT2D eigenvalue weighted by atomic mass is 10.4. The summed E-state index contributed by atoms with van der Waals surface area (Å²) < 4.78 is 13.0. The Morgan fingerprint density at radius 1 is 0.341 bits per heavy atom. The molecule has 0 spiro atoms. The average molecular weight is 595 g/mol. The molecule has 0 aromatic heterocycles. The predicted octanol–water partition coefficient (Wildman–Crippen LogP) is 7.70. The van der Waals surface area contributed by atoms with Crippen LogP contribution in [0.5, 0.6) is 0 Å². The molecule has 0 saturated heterocycles. The summed E-state index contributed by atoms with van der Waals surface area (Å²) in [5.41, 5.74) is 0. The van der Waals surface area contributed by atoms with Crippen molar-refractivity contribution in [2.75, 3.05) is 25.5 Å². The highest BCUT2D eigenvalue weighted by molar-refractivity contribution is 7.73. The molecule has 0 saturated carbocycles. The van der Waals surface area contributed by atoms with Crippen molar-refractivity contribution >= 4 is 50.7 Å². The van der Waals surface area contributed by atoms with E-state index in [2.05, 4.69) is 152 Å². The zero-order valence-corrected chi connectivity index (χ0v) is 26.0. The maximum atomic E-state index is 6.48. The summed E-state index contributed by atoms with van der Waals surface area (Å²) in [4.78, 5) is 0. The van der Waals surface area contributed by atoms with E-state index in [0.29, 0.717) is 13.2 Å². The van der Waals surface area contributed by atoms with Crippen molar-refractivity contribution in [2.24, 2.45) is 0 Å². The Balaban J connectivity index is 1.18. The lowest BCUT2D eigenvalue weighted by molar-refractivity contribution is 0.258. The number of hydrogen-bond acceptors (Lipinski definition) is 2.